The Morgan fingerprint density at radius 1 is 1.00 bits per heavy atom. The molecule has 0 amide bonds. The number of carbonyl (C=O) groups is 2. The van der Waals surface area contributed by atoms with Crippen molar-refractivity contribution in [1.29, 1.82) is 0 Å². The molecule has 0 atom stereocenters. The van der Waals surface area contributed by atoms with E-state index in [0.29, 0.717) is 12.8 Å². The van der Waals surface area contributed by atoms with E-state index in [9.17, 15) is 14.7 Å². The van der Waals surface area contributed by atoms with Crippen molar-refractivity contribution in [2.75, 3.05) is 13.2 Å². The molecule has 0 aromatic carbocycles. The van der Waals surface area contributed by atoms with Crippen LogP contribution in [0.5, 0.6) is 0 Å². The predicted molar refractivity (Wildman–Crippen MR) is 67.8 cm³/mol. The van der Waals surface area contributed by atoms with E-state index >= 15 is 0 Å². The summed E-state index contributed by atoms with van der Waals surface area (Å²) in [6.07, 6.45) is 2.78. The molecule has 0 saturated carbocycles. The van der Waals surface area contributed by atoms with Gasteiger partial charge in [0.1, 0.15) is 5.78 Å². The second-order valence-electron chi connectivity index (χ2n) is 3.68. The summed E-state index contributed by atoms with van der Waals surface area (Å²) in [7, 11) is 0. The van der Waals surface area contributed by atoms with Crippen molar-refractivity contribution >= 4 is 27.6 Å². The van der Waals surface area contributed by atoms with Crippen LogP contribution < -0.4 is 5.11 Å². The van der Waals surface area contributed by atoms with Crippen LogP contribution in [0, 0.1) is 0 Å². The third-order valence-electron chi connectivity index (χ3n) is 1.65. The number of rotatable bonds is 10. The van der Waals surface area contributed by atoms with E-state index in [1.54, 1.807) is 0 Å². The molecule has 0 aliphatic heterocycles. The summed E-state index contributed by atoms with van der Waals surface area (Å²) in [5.74, 6) is -1.54. The fourth-order valence-corrected chi connectivity index (χ4v) is 1.67. The van der Waals surface area contributed by atoms with Crippen LogP contribution in [0.15, 0.2) is 0 Å². The van der Waals surface area contributed by atoms with E-state index in [0.717, 1.165) is 26.1 Å². The number of hydrogen-bond acceptors (Lipinski definition) is 5. The maximum atomic E-state index is 10.4. The normalized spacial score (nSPS) is 9.06. The first-order chi connectivity index (χ1) is 8.58. The van der Waals surface area contributed by atoms with Gasteiger partial charge in [-0.2, -0.15) is 0 Å². The molecule has 0 radical (unpaired) electrons. The Balaban J connectivity index is 0. The molecule has 5 nitrogen and oxygen atoms in total. The molecule has 0 fully saturated rings. The molecular weight excluding hydrogens is 251 g/mol. The van der Waals surface area contributed by atoms with Gasteiger partial charge in [0, 0.05) is 18.8 Å². The third-order valence-corrected chi connectivity index (χ3v) is 2.39. The zero-order chi connectivity index (χ0) is 14.2. The van der Waals surface area contributed by atoms with Gasteiger partial charge >= 0.3 is 63.4 Å². The second kappa shape index (κ2) is 16.6. The molecule has 18 heavy (non-hydrogen) atoms. The number of carboxylic acid groups (broad SMARTS) is 1. The van der Waals surface area contributed by atoms with E-state index in [-0.39, 0.29) is 21.7 Å². The molecule has 104 valence electrons. The first-order valence-corrected chi connectivity index (χ1v) is 7.29. The summed E-state index contributed by atoms with van der Waals surface area (Å²) in [4.78, 5) is 20.2. The van der Waals surface area contributed by atoms with Crippen LogP contribution in [-0.4, -0.2) is 40.9 Å². The summed E-state index contributed by atoms with van der Waals surface area (Å²) in [5, 5.41) is 9.75. The fourth-order valence-electron chi connectivity index (χ4n) is 0.908. The number of aliphatic carboxylic acids is 1. The first-order valence-electron chi connectivity index (χ1n) is 6.34. The van der Waals surface area contributed by atoms with Crippen LogP contribution in [0.2, 0.25) is 0 Å². The van der Waals surface area contributed by atoms with Gasteiger partial charge in [0.25, 0.3) is 0 Å². The maximum absolute atomic E-state index is 10.4. The van der Waals surface area contributed by atoms with Gasteiger partial charge in [0.05, 0.1) is 0 Å². The van der Waals surface area contributed by atoms with Gasteiger partial charge in [-0.1, -0.05) is 6.92 Å². The van der Waals surface area contributed by atoms with Crippen molar-refractivity contribution in [1.82, 2.24) is 0 Å². The van der Waals surface area contributed by atoms with Gasteiger partial charge < -0.3 is 9.90 Å². The van der Waals surface area contributed by atoms with Crippen LogP contribution in [0.3, 0.4) is 0 Å². The zero-order valence-corrected chi connectivity index (χ0v) is 12.7. The SMILES string of the molecule is CCCC(=O)CC(=O)[O-].CCC[O][Al+][O]CCC. The Morgan fingerprint density at radius 2 is 1.50 bits per heavy atom. The molecule has 0 unspecified atom stereocenters. The standard InChI is InChI=1S/C6H10O3.2C3H7O.Al/c1-2-3-5(7)4-6(8)9;2*1-2-3-4;/h2-4H2,1H3,(H,8,9);2*2-3H2,1H3;/q;2*-1;+3/p-1. The molecule has 0 aromatic heterocycles. The summed E-state index contributed by atoms with van der Waals surface area (Å²) in [6.45, 7) is 7.71. The van der Waals surface area contributed by atoms with Crippen molar-refractivity contribution in [2.24, 2.45) is 0 Å². The van der Waals surface area contributed by atoms with E-state index < -0.39 is 12.4 Å². The minimum atomic E-state index is -1.28. The van der Waals surface area contributed by atoms with E-state index in [4.69, 9.17) is 7.58 Å². The molecule has 0 N–H and O–H groups in total. The molecule has 0 bridgehead atoms. The fraction of sp³-hybridized carbons (Fsp3) is 0.833. The van der Waals surface area contributed by atoms with Gasteiger partial charge in [-0.25, -0.2) is 0 Å². The van der Waals surface area contributed by atoms with Crippen molar-refractivity contribution < 1.29 is 22.3 Å². The Labute approximate surface area is 116 Å². The summed E-state index contributed by atoms with van der Waals surface area (Å²) in [6, 6.07) is 0. The van der Waals surface area contributed by atoms with Gasteiger partial charge in [0.2, 0.25) is 0 Å². The zero-order valence-electron chi connectivity index (χ0n) is 11.6. The summed E-state index contributed by atoms with van der Waals surface area (Å²) >= 11 is -0.182. The average Bonchev–Trinajstić information content (AvgIpc) is 2.29. The number of Topliss-reactive ketones (excluding diaryl/α,β-unsaturated/α-hetero) is 1. The number of carbonyl (C=O) groups excluding carboxylic acids is 2. The van der Waals surface area contributed by atoms with Crippen LogP contribution in [0.4, 0.5) is 0 Å². The predicted octanol–water partition coefficient (Wildman–Crippen LogP) is 0.869. The van der Waals surface area contributed by atoms with E-state index in [1.807, 2.05) is 6.92 Å². The van der Waals surface area contributed by atoms with E-state index in [1.165, 1.54) is 0 Å². The topological polar surface area (TPSA) is 75.7 Å². The molecule has 0 aliphatic rings. The Kier molecular flexibility index (Phi) is 18.4. The van der Waals surface area contributed by atoms with E-state index in [2.05, 4.69) is 13.8 Å². The Bertz CT molecular complexity index is 203. The van der Waals surface area contributed by atoms with Gasteiger partial charge in [-0.05, 0) is 6.42 Å². The quantitative estimate of drug-likeness (QED) is 0.335. The van der Waals surface area contributed by atoms with Crippen molar-refractivity contribution in [3.8, 4) is 0 Å². The number of hydrogen-bond donors (Lipinski definition) is 0. The van der Waals surface area contributed by atoms with Crippen LogP contribution in [-0.2, 0) is 17.2 Å². The number of ketones is 1. The van der Waals surface area contributed by atoms with Gasteiger partial charge in [-0.3, -0.25) is 4.79 Å². The monoisotopic (exact) mass is 274 g/mol. The molecule has 0 aliphatic carbocycles. The first kappa shape index (κ1) is 19.9. The Morgan fingerprint density at radius 3 is 1.83 bits per heavy atom. The number of carboxylic acids is 1. The summed E-state index contributed by atoms with van der Waals surface area (Å²) < 4.78 is 10.3. The summed E-state index contributed by atoms with van der Waals surface area (Å²) in [5.41, 5.74) is 0. The third kappa shape index (κ3) is 20.9. The Hall–Kier alpha value is -0.408. The molecular formula is C12H23AlO5. The van der Waals surface area contributed by atoms with Crippen molar-refractivity contribution in [2.45, 2.75) is 52.9 Å². The molecule has 0 spiro atoms. The van der Waals surface area contributed by atoms with Crippen LogP contribution in [0.25, 0.3) is 0 Å². The molecule has 0 saturated heterocycles. The van der Waals surface area contributed by atoms with Crippen molar-refractivity contribution in [3.63, 3.8) is 0 Å². The van der Waals surface area contributed by atoms with Gasteiger partial charge in [-0.15, -0.1) is 0 Å². The van der Waals surface area contributed by atoms with Gasteiger partial charge in [0.15, 0.2) is 0 Å². The molecule has 0 heterocycles. The molecule has 0 rings (SSSR count). The minimum absolute atomic E-state index is 0.182. The molecule has 0 aromatic rings. The van der Waals surface area contributed by atoms with Crippen molar-refractivity contribution in [3.05, 3.63) is 0 Å². The average molecular weight is 274 g/mol. The molecule has 6 heteroatoms. The second-order valence-corrected chi connectivity index (χ2v) is 4.53. The van der Waals surface area contributed by atoms with Crippen LogP contribution >= 0.6 is 0 Å². The van der Waals surface area contributed by atoms with Crippen LogP contribution in [0.1, 0.15) is 52.9 Å².